The van der Waals surface area contributed by atoms with E-state index in [-0.39, 0.29) is 25.2 Å². The fourth-order valence-electron chi connectivity index (χ4n) is 6.62. The molecule has 0 aliphatic carbocycles. The van der Waals surface area contributed by atoms with Gasteiger partial charge in [-0.1, -0.05) is 219 Å². The normalized spacial score (nSPS) is 12.0. The van der Waals surface area contributed by atoms with Crippen LogP contribution < -0.4 is 0 Å². The van der Waals surface area contributed by atoms with Gasteiger partial charge in [-0.3, -0.25) is 9.59 Å². The number of aliphatic hydroxyl groups is 1. The van der Waals surface area contributed by atoms with Crippen molar-refractivity contribution in [2.24, 2.45) is 0 Å². The number of rotatable bonds is 40. The quantitative estimate of drug-likeness (QED) is 0.0515. The predicted octanol–water partition coefficient (Wildman–Crippen LogP) is 13.5. The van der Waals surface area contributed by atoms with Crippen molar-refractivity contribution < 1.29 is 24.2 Å². The number of carbonyl (C=O) groups is 2. The Morgan fingerprint density at radius 3 is 0.917 bits per heavy atom. The van der Waals surface area contributed by atoms with Gasteiger partial charge in [0.1, 0.15) is 6.61 Å². The summed E-state index contributed by atoms with van der Waals surface area (Å²) in [5, 5.41) is 9.57. The zero-order valence-corrected chi connectivity index (χ0v) is 32.5. The first-order valence-corrected chi connectivity index (χ1v) is 21.6. The maximum absolute atomic E-state index is 12.2. The summed E-state index contributed by atoms with van der Waals surface area (Å²) in [5.41, 5.74) is 0. The van der Waals surface area contributed by atoms with E-state index < -0.39 is 6.10 Å². The van der Waals surface area contributed by atoms with Gasteiger partial charge in [-0.05, 0) is 12.8 Å². The van der Waals surface area contributed by atoms with Crippen molar-refractivity contribution in [1.82, 2.24) is 0 Å². The van der Waals surface area contributed by atoms with Gasteiger partial charge in [0.2, 0.25) is 0 Å². The van der Waals surface area contributed by atoms with Crippen LogP contribution in [0.2, 0.25) is 0 Å². The first-order chi connectivity index (χ1) is 23.6. The van der Waals surface area contributed by atoms with Crippen molar-refractivity contribution >= 4 is 11.9 Å². The summed E-state index contributed by atoms with van der Waals surface area (Å²) in [6, 6.07) is 0. The van der Waals surface area contributed by atoms with Crippen LogP contribution in [0.4, 0.5) is 0 Å². The molecule has 0 bridgehead atoms. The molecule has 1 N–H and O–H groups in total. The van der Waals surface area contributed by atoms with Crippen LogP contribution in [-0.4, -0.2) is 36.4 Å². The second-order valence-electron chi connectivity index (χ2n) is 14.8. The molecule has 5 heteroatoms. The molecule has 0 saturated heterocycles. The Balaban J connectivity index is 3.46. The van der Waals surface area contributed by atoms with E-state index in [1.807, 2.05) is 0 Å². The third kappa shape index (κ3) is 37.7. The summed E-state index contributed by atoms with van der Waals surface area (Å²) < 4.78 is 10.6. The lowest BCUT2D eigenvalue weighted by atomic mass is 10.0. The lowest BCUT2D eigenvalue weighted by Gasteiger charge is -2.15. The van der Waals surface area contributed by atoms with E-state index in [2.05, 4.69) is 13.8 Å². The molecule has 0 rings (SSSR count). The molecule has 48 heavy (non-hydrogen) atoms. The van der Waals surface area contributed by atoms with Gasteiger partial charge in [0, 0.05) is 12.8 Å². The Hall–Kier alpha value is -1.10. The van der Waals surface area contributed by atoms with E-state index in [0.29, 0.717) is 12.8 Å². The number of unbranched alkanes of at least 4 members (excludes halogenated alkanes) is 32. The van der Waals surface area contributed by atoms with Crippen molar-refractivity contribution in [1.29, 1.82) is 0 Å². The standard InChI is InChI=1S/C43H84O5/c1-3-5-7-9-11-13-15-17-19-20-21-22-24-25-27-29-31-33-35-37-42(45)47-40-41(39-44)48-43(46)38-36-34-32-30-28-26-23-18-16-14-12-10-8-6-4-2/h41,44H,3-40H2,1-2H3/t41-/m1/s1. The average molecular weight is 681 g/mol. The summed E-state index contributed by atoms with van der Waals surface area (Å²) in [6.07, 6.45) is 44.6. The second-order valence-corrected chi connectivity index (χ2v) is 14.8. The molecular weight excluding hydrogens is 596 g/mol. The smallest absolute Gasteiger partial charge is 0.306 e. The third-order valence-electron chi connectivity index (χ3n) is 9.90. The van der Waals surface area contributed by atoms with Crippen molar-refractivity contribution in [3.05, 3.63) is 0 Å². The monoisotopic (exact) mass is 681 g/mol. The van der Waals surface area contributed by atoms with Crippen LogP contribution >= 0.6 is 0 Å². The second kappa shape index (κ2) is 40.3. The first-order valence-electron chi connectivity index (χ1n) is 21.6. The molecule has 286 valence electrons. The molecule has 0 spiro atoms. The third-order valence-corrected chi connectivity index (χ3v) is 9.90. The number of ether oxygens (including phenoxy) is 2. The zero-order valence-electron chi connectivity index (χ0n) is 32.5. The van der Waals surface area contributed by atoms with Crippen LogP contribution in [-0.2, 0) is 19.1 Å². The highest BCUT2D eigenvalue weighted by Gasteiger charge is 2.16. The molecule has 0 aliphatic rings. The number of aliphatic hydroxyl groups excluding tert-OH is 1. The molecule has 5 nitrogen and oxygen atoms in total. The van der Waals surface area contributed by atoms with Crippen molar-refractivity contribution in [2.45, 2.75) is 251 Å². The summed E-state index contributed by atoms with van der Waals surface area (Å²) in [4.78, 5) is 24.3. The lowest BCUT2D eigenvalue weighted by molar-refractivity contribution is -0.161. The van der Waals surface area contributed by atoms with E-state index >= 15 is 0 Å². The van der Waals surface area contributed by atoms with Crippen LogP contribution in [0.5, 0.6) is 0 Å². The molecule has 0 aromatic heterocycles. The topological polar surface area (TPSA) is 72.8 Å². The van der Waals surface area contributed by atoms with Crippen LogP contribution in [0.25, 0.3) is 0 Å². The summed E-state index contributed by atoms with van der Waals surface area (Å²) in [7, 11) is 0. The van der Waals surface area contributed by atoms with Gasteiger partial charge in [-0.25, -0.2) is 0 Å². The number of carbonyl (C=O) groups excluding carboxylic acids is 2. The molecule has 0 unspecified atom stereocenters. The van der Waals surface area contributed by atoms with Crippen LogP contribution in [0, 0.1) is 0 Å². The number of esters is 2. The van der Waals surface area contributed by atoms with Crippen molar-refractivity contribution in [3.63, 3.8) is 0 Å². The first kappa shape index (κ1) is 46.9. The zero-order chi connectivity index (χ0) is 35.0. The van der Waals surface area contributed by atoms with Crippen molar-refractivity contribution in [2.75, 3.05) is 13.2 Å². The van der Waals surface area contributed by atoms with E-state index in [4.69, 9.17) is 9.47 Å². The van der Waals surface area contributed by atoms with Gasteiger partial charge in [-0.2, -0.15) is 0 Å². The van der Waals surface area contributed by atoms with Gasteiger partial charge in [-0.15, -0.1) is 0 Å². The molecule has 0 aliphatic heterocycles. The highest BCUT2D eigenvalue weighted by Crippen LogP contribution is 2.16. The molecule has 0 fully saturated rings. The van der Waals surface area contributed by atoms with Gasteiger partial charge in [0.25, 0.3) is 0 Å². The predicted molar refractivity (Wildman–Crippen MR) is 205 cm³/mol. The maximum Gasteiger partial charge on any atom is 0.306 e. The molecule has 0 aromatic carbocycles. The Kier molecular flexibility index (Phi) is 39.4. The molecule has 0 aromatic rings. The molecular formula is C43H84O5. The minimum atomic E-state index is -0.761. The Morgan fingerprint density at radius 2 is 0.646 bits per heavy atom. The number of hydrogen-bond donors (Lipinski definition) is 1. The van der Waals surface area contributed by atoms with Gasteiger partial charge in [0.05, 0.1) is 6.61 Å². The van der Waals surface area contributed by atoms with Gasteiger partial charge in [0.15, 0.2) is 6.10 Å². The highest BCUT2D eigenvalue weighted by atomic mass is 16.6. The molecule has 0 radical (unpaired) electrons. The van der Waals surface area contributed by atoms with E-state index in [1.54, 1.807) is 0 Å². The number of hydrogen-bond acceptors (Lipinski definition) is 5. The van der Waals surface area contributed by atoms with Gasteiger partial charge < -0.3 is 14.6 Å². The highest BCUT2D eigenvalue weighted by molar-refractivity contribution is 5.70. The Labute approximate surface area is 299 Å². The van der Waals surface area contributed by atoms with E-state index in [1.165, 1.54) is 186 Å². The molecule has 0 amide bonds. The van der Waals surface area contributed by atoms with E-state index in [0.717, 1.165) is 32.1 Å². The SMILES string of the molecule is CCCCCCCCCCCCCCCCCCCCCC(=O)OC[C@@H](CO)OC(=O)CCCCCCCCCCCCCCCCC. The average Bonchev–Trinajstić information content (AvgIpc) is 3.09. The molecule has 1 atom stereocenters. The maximum atomic E-state index is 12.2. The largest absolute Gasteiger partial charge is 0.462 e. The van der Waals surface area contributed by atoms with Crippen LogP contribution in [0.1, 0.15) is 245 Å². The Bertz CT molecular complexity index is 651. The minimum absolute atomic E-state index is 0.0565. The Morgan fingerprint density at radius 1 is 0.396 bits per heavy atom. The molecule has 0 saturated carbocycles. The van der Waals surface area contributed by atoms with Crippen molar-refractivity contribution in [3.8, 4) is 0 Å². The fraction of sp³-hybridized carbons (Fsp3) is 0.953. The fourth-order valence-corrected chi connectivity index (χ4v) is 6.62. The van der Waals surface area contributed by atoms with Crippen LogP contribution in [0.3, 0.4) is 0 Å². The van der Waals surface area contributed by atoms with Gasteiger partial charge >= 0.3 is 11.9 Å². The molecule has 0 heterocycles. The van der Waals surface area contributed by atoms with Crippen LogP contribution in [0.15, 0.2) is 0 Å². The summed E-state index contributed by atoms with van der Waals surface area (Å²) >= 11 is 0. The summed E-state index contributed by atoms with van der Waals surface area (Å²) in [5.74, 6) is -0.572. The summed E-state index contributed by atoms with van der Waals surface area (Å²) in [6.45, 7) is 4.18. The lowest BCUT2D eigenvalue weighted by Crippen LogP contribution is -2.28. The van der Waals surface area contributed by atoms with E-state index in [9.17, 15) is 14.7 Å². The minimum Gasteiger partial charge on any atom is -0.462 e.